The number of aliphatic hydroxyl groups is 1. The Morgan fingerprint density at radius 1 is 1.20 bits per heavy atom. The lowest BCUT2D eigenvalue weighted by Gasteiger charge is -2.20. The van der Waals surface area contributed by atoms with Gasteiger partial charge in [-0.25, -0.2) is 0 Å². The van der Waals surface area contributed by atoms with Crippen molar-refractivity contribution in [2.24, 2.45) is 0 Å². The zero-order valence-corrected chi connectivity index (χ0v) is 11.9. The lowest BCUT2D eigenvalue weighted by molar-refractivity contribution is 0.165. The second kappa shape index (κ2) is 6.25. The molecule has 0 rings (SSSR count). The standard InChI is InChI=1S/C12H22OSi2/c1-6-15(7-2,8-3)11-9-10-14-12(4,5)13/h6-8,13H,1-3,9-11H2,4-5H3. The highest BCUT2D eigenvalue weighted by molar-refractivity contribution is 6.93. The van der Waals surface area contributed by atoms with E-state index in [2.05, 4.69) is 19.7 Å². The zero-order chi connectivity index (χ0) is 11.9. The Hall–Kier alpha value is -0.386. The molecule has 0 saturated heterocycles. The lowest BCUT2D eigenvalue weighted by Crippen LogP contribution is -2.29. The van der Waals surface area contributed by atoms with Crippen LogP contribution in [-0.2, 0) is 0 Å². The minimum atomic E-state index is -1.60. The average molecular weight is 238 g/mol. The first-order chi connectivity index (χ1) is 6.89. The number of rotatable bonds is 8. The van der Waals surface area contributed by atoms with E-state index < -0.39 is 13.3 Å². The lowest BCUT2D eigenvalue weighted by atomic mass is 10.5. The molecule has 0 amide bonds. The summed E-state index contributed by atoms with van der Waals surface area (Å²) in [4.78, 5) is 0. The van der Waals surface area contributed by atoms with Crippen molar-refractivity contribution < 1.29 is 5.11 Å². The third-order valence-electron chi connectivity index (χ3n) is 2.48. The maximum absolute atomic E-state index is 9.58. The van der Waals surface area contributed by atoms with E-state index in [-0.39, 0.29) is 0 Å². The Bertz CT molecular complexity index is 206. The van der Waals surface area contributed by atoms with Crippen molar-refractivity contribution in [3.63, 3.8) is 0 Å². The van der Waals surface area contributed by atoms with E-state index in [1.165, 1.54) is 0 Å². The van der Waals surface area contributed by atoms with Crippen molar-refractivity contribution in [1.82, 2.24) is 0 Å². The molecule has 0 aromatic carbocycles. The maximum Gasteiger partial charge on any atom is 0.124 e. The van der Waals surface area contributed by atoms with E-state index in [1.807, 2.05) is 30.9 Å². The van der Waals surface area contributed by atoms with Crippen molar-refractivity contribution in [2.45, 2.75) is 37.6 Å². The van der Waals surface area contributed by atoms with Crippen LogP contribution in [0.5, 0.6) is 0 Å². The van der Waals surface area contributed by atoms with E-state index >= 15 is 0 Å². The molecule has 0 saturated carbocycles. The van der Waals surface area contributed by atoms with Gasteiger partial charge in [-0.2, -0.15) is 0 Å². The van der Waals surface area contributed by atoms with E-state index in [0.717, 1.165) is 18.5 Å². The summed E-state index contributed by atoms with van der Waals surface area (Å²) in [5.74, 6) is 0. The highest BCUT2D eigenvalue weighted by Crippen LogP contribution is 2.18. The van der Waals surface area contributed by atoms with Gasteiger partial charge >= 0.3 is 0 Å². The molecule has 0 spiro atoms. The Morgan fingerprint density at radius 2 is 1.67 bits per heavy atom. The molecule has 3 heteroatoms. The van der Waals surface area contributed by atoms with Crippen molar-refractivity contribution in [3.8, 4) is 0 Å². The first kappa shape index (κ1) is 14.6. The summed E-state index contributed by atoms with van der Waals surface area (Å²) in [7, 11) is -0.993. The molecule has 0 unspecified atom stereocenters. The summed E-state index contributed by atoms with van der Waals surface area (Å²) >= 11 is 0. The average Bonchev–Trinajstić information content (AvgIpc) is 2.18. The first-order valence-corrected chi connectivity index (χ1v) is 8.92. The summed E-state index contributed by atoms with van der Waals surface area (Å²) in [6.45, 7) is 15.4. The van der Waals surface area contributed by atoms with E-state index in [9.17, 15) is 5.11 Å². The van der Waals surface area contributed by atoms with Crippen LogP contribution in [0.25, 0.3) is 0 Å². The predicted octanol–water partition coefficient (Wildman–Crippen LogP) is 2.85. The van der Waals surface area contributed by atoms with Gasteiger partial charge in [-0.1, -0.05) is 29.6 Å². The summed E-state index contributed by atoms with van der Waals surface area (Å²) in [6, 6.07) is 2.19. The van der Waals surface area contributed by atoms with Gasteiger partial charge in [0.15, 0.2) is 0 Å². The van der Waals surface area contributed by atoms with Crippen LogP contribution in [0.1, 0.15) is 20.3 Å². The monoisotopic (exact) mass is 238 g/mol. The van der Waals surface area contributed by atoms with Crippen LogP contribution < -0.4 is 0 Å². The van der Waals surface area contributed by atoms with Crippen molar-refractivity contribution >= 4 is 17.6 Å². The fourth-order valence-electron chi connectivity index (χ4n) is 1.35. The molecule has 15 heavy (non-hydrogen) atoms. The molecule has 0 heterocycles. The van der Waals surface area contributed by atoms with Gasteiger partial charge in [0.25, 0.3) is 0 Å². The smallest absolute Gasteiger partial charge is 0.124 e. The highest BCUT2D eigenvalue weighted by atomic mass is 28.3. The molecule has 0 fully saturated rings. The quantitative estimate of drug-likeness (QED) is 0.509. The molecule has 0 bridgehead atoms. The van der Waals surface area contributed by atoms with Crippen LogP contribution in [-0.4, -0.2) is 27.9 Å². The molecule has 84 valence electrons. The predicted molar refractivity (Wildman–Crippen MR) is 72.6 cm³/mol. The molecule has 0 atom stereocenters. The molecule has 0 aliphatic heterocycles. The van der Waals surface area contributed by atoms with Gasteiger partial charge in [-0.3, -0.25) is 0 Å². The third-order valence-corrected chi connectivity index (χ3v) is 7.45. The van der Waals surface area contributed by atoms with Crippen LogP contribution >= 0.6 is 0 Å². The second-order valence-corrected chi connectivity index (χ2v) is 10.3. The van der Waals surface area contributed by atoms with Crippen LogP contribution in [0.15, 0.2) is 36.8 Å². The van der Waals surface area contributed by atoms with Gasteiger partial charge in [0.05, 0.1) is 9.52 Å². The number of hydrogen-bond donors (Lipinski definition) is 1. The van der Waals surface area contributed by atoms with Gasteiger partial charge in [0.1, 0.15) is 8.07 Å². The minimum absolute atomic E-state index is 0.513. The fourth-order valence-corrected chi connectivity index (χ4v) is 4.57. The van der Waals surface area contributed by atoms with Gasteiger partial charge in [0, 0.05) is 5.22 Å². The molecule has 0 aliphatic carbocycles. The molecule has 0 aromatic heterocycles. The SMILES string of the molecule is C=C[Si](C=C)(C=C)CCC[Si]C(C)(C)O. The van der Waals surface area contributed by atoms with Crippen LogP contribution in [0.2, 0.25) is 12.1 Å². The molecular weight excluding hydrogens is 216 g/mol. The molecule has 0 aromatic rings. The van der Waals surface area contributed by atoms with Crippen molar-refractivity contribution in [2.75, 3.05) is 0 Å². The van der Waals surface area contributed by atoms with Crippen LogP contribution in [0, 0.1) is 0 Å². The molecule has 2 radical (unpaired) electrons. The first-order valence-electron chi connectivity index (χ1n) is 5.27. The van der Waals surface area contributed by atoms with Gasteiger partial charge in [-0.05, 0) is 19.9 Å². The zero-order valence-electron chi connectivity index (χ0n) is 9.92. The number of hydrogen-bond acceptors (Lipinski definition) is 1. The van der Waals surface area contributed by atoms with Crippen LogP contribution in [0.4, 0.5) is 0 Å². The van der Waals surface area contributed by atoms with Crippen LogP contribution in [0.3, 0.4) is 0 Å². The maximum atomic E-state index is 9.58. The summed E-state index contributed by atoms with van der Waals surface area (Å²) in [5.41, 5.74) is 6.08. The van der Waals surface area contributed by atoms with E-state index in [4.69, 9.17) is 0 Å². The molecule has 1 N–H and O–H groups in total. The van der Waals surface area contributed by atoms with E-state index in [0.29, 0.717) is 9.52 Å². The Kier molecular flexibility index (Phi) is 6.09. The summed E-state index contributed by atoms with van der Waals surface area (Å²) < 4.78 is 0. The second-order valence-electron chi connectivity index (χ2n) is 4.31. The molecular formula is C12H22OSi2. The van der Waals surface area contributed by atoms with Gasteiger partial charge in [-0.15, -0.1) is 19.7 Å². The Balaban J connectivity index is 3.98. The normalized spacial score (nSPS) is 12.2. The summed E-state index contributed by atoms with van der Waals surface area (Å²) in [5, 5.41) is 9.07. The van der Waals surface area contributed by atoms with Gasteiger partial charge in [0.2, 0.25) is 0 Å². The van der Waals surface area contributed by atoms with Gasteiger partial charge < -0.3 is 5.11 Å². The topological polar surface area (TPSA) is 20.2 Å². The molecule has 0 aliphatic rings. The summed E-state index contributed by atoms with van der Waals surface area (Å²) in [6.07, 6.45) is 1.12. The highest BCUT2D eigenvalue weighted by Gasteiger charge is 2.21. The van der Waals surface area contributed by atoms with Crippen molar-refractivity contribution in [3.05, 3.63) is 36.8 Å². The molecule has 1 nitrogen and oxygen atoms in total. The van der Waals surface area contributed by atoms with Crippen molar-refractivity contribution in [1.29, 1.82) is 0 Å². The third kappa shape index (κ3) is 5.92. The fraction of sp³-hybridized carbons (Fsp3) is 0.500. The van der Waals surface area contributed by atoms with E-state index in [1.54, 1.807) is 0 Å². The largest absolute Gasteiger partial charge is 0.395 e. The minimum Gasteiger partial charge on any atom is -0.395 e. The Morgan fingerprint density at radius 3 is 2.00 bits per heavy atom. The Labute approximate surface area is 97.4 Å².